The van der Waals surface area contributed by atoms with Gasteiger partial charge in [0.05, 0.1) is 0 Å². The molecule has 6 aromatic carbocycles. The number of rotatable bonds is 5. The predicted molar refractivity (Wildman–Crippen MR) is 195 cm³/mol. The van der Waals surface area contributed by atoms with E-state index >= 15 is 0 Å². The standard InChI is InChI=1S/C41H25N3S2/c1-2-8-26(9-3-1)27-14-18-29(19-15-27)39-42-40(30-20-16-28(17-21-30)37-24-31-10-4-6-12-35(31)45-37)44-41(43-39)32-22-23-34-33-11-5-7-13-36(33)46-38(34)25-32/h1-25H. The van der Waals surface area contributed by atoms with Gasteiger partial charge in [0.25, 0.3) is 0 Å². The third-order valence-electron chi connectivity index (χ3n) is 8.38. The summed E-state index contributed by atoms with van der Waals surface area (Å²) in [6.45, 7) is 0. The van der Waals surface area contributed by atoms with Crippen molar-refractivity contribution in [1.82, 2.24) is 15.0 Å². The van der Waals surface area contributed by atoms with Crippen LogP contribution < -0.4 is 0 Å². The summed E-state index contributed by atoms with van der Waals surface area (Å²) in [5, 5.41) is 3.81. The van der Waals surface area contributed by atoms with E-state index in [9.17, 15) is 0 Å². The van der Waals surface area contributed by atoms with Crippen LogP contribution in [0.3, 0.4) is 0 Å². The molecule has 3 nitrogen and oxygen atoms in total. The van der Waals surface area contributed by atoms with Crippen LogP contribution in [0.1, 0.15) is 0 Å². The Labute approximate surface area is 274 Å². The molecule has 9 aromatic rings. The minimum Gasteiger partial charge on any atom is -0.208 e. The second kappa shape index (κ2) is 11.1. The normalized spacial score (nSPS) is 11.5. The van der Waals surface area contributed by atoms with E-state index in [-0.39, 0.29) is 0 Å². The Bertz CT molecular complexity index is 2480. The van der Waals surface area contributed by atoms with E-state index in [1.807, 2.05) is 17.4 Å². The highest BCUT2D eigenvalue weighted by atomic mass is 32.1. The summed E-state index contributed by atoms with van der Waals surface area (Å²) in [6.07, 6.45) is 0. The average molecular weight is 624 g/mol. The van der Waals surface area contributed by atoms with E-state index in [2.05, 4.69) is 146 Å². The van der Waals surface area contributed by atoms with E-state index in [1.54, 1.807) is 11.3 Å². The van der Waals surface area contributed by atoms with Crippen LogP contribution in [0.25, 0.3) is 86.0 Å². The number of thiophene rings is 2. The topological polar surface area (TPSA) is 38.7 Å². The molecule has 0 bridgehead atoms. The molecule has 3 aromatic heterocycles. The zero-order valence-corrected chi connectivity index (χ0v) is 26.2. The Morgan fingerprint density at radius 2 is 0.848 bits per heavy atom. The molecule has 0 saturated carbocycles. The van der Waals surface area contributed by atoms with Gasteiger partial charge in [-0.05, 0) is 46.3 Å². The van der Waals surface area contributed by atoms with Crippen LogP contribution in [0.2, 0.25) is 0 Å². The molecule has 0 saturated heterocycles. The molecule has 0 amide bonds. The van der Waals surface area contributed by atoms with Crippen molar-refractivity contribution in [3.63, 3.8) is 0 Å². The van der Waals surface area contributed by atoms with Crippen molar-refractivity contribution in [2.75, 3.05) is 0 Å². The highest BCUT2D eigenvalue weighted by Gasteiger charge is 2.15. The van der Waals surface area contributed by atoms with E-state index in [0.717, 1.165) is 22.3 Å². The Kier molecular flexibility index (Phi) is 6.51. The van der Waals surface area contributed by atoms with Crippen molar-refractivity contribution >= 4 is 52.9 Å². The van der Waals surface area contributed by atoms with Crippen LogP contribution in [0.5, 0.6) is 0 Å². The molecule has 9 rings (SSSR count). The van der Waals surface area contributed by atoms with E-state index in [4.69, 9.17) is 15.0 Å². The third kappa shape index (κ3) is 4.87. The van der Waals surface area contributed by atoms with Gasteiger partial charge in [0.15, 0.2) is 17.5 Å². The summed E-state index contributed by atoms with van der Waals surface area (Å²) in [7, 11) is 0. The first-order valence-corrected chi connectivity index (χ1v) is 16.8. The van der Waals surface area contributed by atoms with Crippen LogP contribution in [-0.4, -0.2) is 15.0 Å². The quantitative estimate of drug-likeness (QED) is 0.191. The first-order valence-electron chi connectivity index (χ1n) is 15.2. The number of aromatic nitrogens is 3. The summed E-state index contributed by atoms with van der Waals surface area (Å²) in [4.78, 5) is 16.4. The lowest BCUT2D eigenvalue weighted by molar-refractivity contribution is 1.07. The monoisotopic (exact) mass is 623 g/mol. The number of nitrogens with zero attached hydrogens (tertiary/aromatic N) is 3. The van der Waals surface area contributed by atoms with Crippen LogP contribution in [0.15, 0.2) is 152 Å². The maximum Gasteiger partial charge on any atom is 0.164 e. The van der Waals surface area contributed by atoms with Crippen LogP contribution >= 0.6 is 22.7 Å². The van der Waals surface area contributed by atoms with Gasteiger partial charge in [-0.25, -0.2) is 15.0 Å². The maximum atomic E-state index is 5.05. The Balaban J connectivity index is 1.15. The molecule has 0 aliphatic heterocycles. The molecular weight excluding hydrogens is 599 g/mol. The fourth-order valence-electron chi connectivity index (χ4n) is 5.98. The fourth-order valence-corrected chi connectivity index (χ4v) is 8.19. The van der Waals surface area contributed by atoms with Gasteiger partial charge >= 0.3 is 0 Å². The third-order valence-corrected chi connectivity index (χ3v) is 10.7. The van der Waals surface area contributed by atoms with Crippen molar-refractivity contribution in [2.45, 2.75) is 0 Å². The molecule has 0 fully saturated rings. The molecule has 0 N–H and O–H groups in total. The number of hydrogen-bond acceptors (Lipinski definition) is 5. The second-order valence-corrected chi connectivity index (χ2v) is 13.5. The van der Waals surface area contributed by atoms with Gasteiger partial charge in [0.1, 0.15) is 0 Å². The minimum atomic E-state index is 0.657. The van der Waals surface area contributed by atoms with Crippen molar-refractivity contribution in [3.05, 3.63) is 152 Å². The highest BCUT2D eigenvalue weighted by Crippen LogP contribution is 2.37. The molecule has 0 atom stereocenters. The van der Waals surface area contributed by atoms with Crippen LogP contribution in [0, 0.1) is 0 Å². The van der Waals surface area contributed by atoms with Crippen molar-refractivity contribution in [2.24, 2.45) is 0 Å². The van der Waals surface area contributed by atoms with E-state index in [0.29, 0.717) is 17.5 Å². The first kappa shape index (κ1) is 26.9. The number of benzene rings is 6. The van der Waals surface area contributed by atoms with Gasteiger partial charge in [0.2, 0.25) is 0 Å². The van der Waals surface area contributed by atoms with Gasteiger partial charge in [0, 0.05) is 46.4 Å². The van der Waals surface area contributed by atoms with Gasteiger partial charge in [-0.3, -0.25) is 0 Å². The second-order valence-electron chi connectivity index (χ2n) is 11.3. The van der Waals surface area contributed by atoms with Gasteiger partial charge in [-0.2, -0.15) is 0 Å². The Hall–Kier alpha value is -5.49. The summed E-state index contributed by atoms with van der Waals surface area (Å²) < 4.78 is 3.80. The summed E-state index contributed by atoms with van der Waals surface area (Å²) in [6, 6.07) is 53.4. The highest BCUT2D eigenvalue weighted by molar-refractivity contribution is 7.25. The first-order chi connectivity index (χ1) is 22.7. The molecule has 5 heteroatoms. The van der Waals surface area contributed by atoms with Gasteiger partial charge < -0.3 is 0 Å². The molecule has 0 radical (unpaired) electrons. The molecule has 216 valence electrons. The molecule has 0 unspecified atom stereocenters. The lowest BCUT2D eigenvalue weighted by Gasteiger charge is -2.10. The summed E-state index contributed by atoms with van der Waals surface area (Å²) in [5.74, 6) is 1.98. The minimum absolute atomic E-state index is 0.657. The molecular formula is C41H25N3S2. The molecule has 0 aliphatic carbocycles. The van der Waals surface area contributed by atoms with Crippen LogP contribution in [-0.2, 0) is 0 Å². The number of fused-ring (bicyclic) bond motifs is 4. The van der Waals surface area contributed by atoms with Crippen molar-refractivity contribution < 1.29 is 0 Å². The Morgan fingerprint density at radius 1 is 0.326 bits per heavy atom. The molecule has 0 spiro atoms. The summed E-state index contributed by atoms with van der Waals surface area (Å²) in [5.41, 5.74) is 6.42. The van der Waals surface area contributed by atoms with Gasteiger partial charge in [-0.1, -0.05) is 127 Å². The van der Waals surface area contributed by atoms with E-state index < -0.39 is 0 Å². The lowest BCUT2D eigenvalue weighted by Crippen LogP contribution is -2.00. The molecule has 0 aliphatic rings. The maximum absolute atomic E-state index is 5.05. The van der Waals surface area contributed by atoms with E-state index in [1.165, 1.54) is 46.3 Å². The fraction of sp³-hybridized carbons (Fsp3) is 0. The largest absolute Gasteiger partial charge is 0.208 e. The lowest BCUT2D eigenvalue weighted by atomic mass is 10.0. The van der Waals surface area contributed by atoms with Crippen molar-refractivity contribution in [1.29, 1.82) is 0 Å². The molecule has 3 heterocycles. The summed E-state index contributed by atoms with van der Waals surface area (Å²) >= 11 is 3.61. The van der Waals surface area contributed by atoms with Crippen LogP contribution in [0.4, 0.5) is 0 Å². The number of hydrogen-bond donors (Lipinski definition) is 0. The predicted octanol–water partition coefficient (Wildman–Crippen LogP) is 11.8. The zero-order valence-electron chi connectivity index (χ0n) is 24.6. The molecule has 46 heavy (non-hydrogen) atoms. The van der Waals surface area contributed by atoms with Gasteiger partial charge in [-0.15, -0.1) is 22.7 Å². The van der Waals surface area contributed by atoms with Crippen molar-refractivity contribution in [3.8, 4) is 55.7 Å². The Morgan fingerprint density at radius 3 is 1.57 bits per heavy atom. The SMILES string of the molecule is c1ccc(-c2ccc(-c3nc(-c4ccc(-c5cc6ccccc6s5)cc4)nc(-c4ccc5c(c4)sc4ccccc45)n3)cc2)cc1. The average Bonchev–Trinajstić information content (AvgIpc) is 3.73. The zero-order chi connectivity index (χ0) is 30.5. The smallest absolute Gasteiger partial charge is 0.164 e.